The fraction of sp³-hybridized carbons (Fsp3) is 0.174. The van der Waals surface area contributed by atoms with E-state index in [0.717, 1.165) is 28.4 Å². The number of anilines is 3. The molecule has 3 aromatic rings. The third-order valence-corrected chi connectivity index (χ3v) is 4.99. The second-order valence-electron chi connectivity index (χ2n) is 6.95. The minimum absolute atomic E-state index is 0.0539. The van der Waals surface area contributed by atoms with Gasteiger partial charge in [0.05, 0.1) is 18.5 Å². The summed E-state index contributed by atoms with van der Waals surface area (Å²) in [5, 5.41) is 3.49. The second-order valence-corrected chi connectivity index (χ2v) is 6.95. The van der Waals surface area contributed by atoms with Gasteiger partial charge in [0.2, 0.25) is 0 Å². The first kappa shape index (κ1) is 17.9. The van der Waals surface area contributed by atoms with Crippen LogP contribution in [0.3, 0.4) is 0 Å². The Morgan fingerprint density at radius 1 is 0.964 bits per heavy atom. The lowest BCUT2D eigenvalue weighted by molar-refractivity contribution is 0.0981. The zero-order chi connectivity index (χ0) is 19.7. The number of ether oxygens (including phenoxy) is 1. The van der Waals surface area contributed by atoms with Gasteiger partial charge < -0.3 is 15.0 Å². The van der Waals surface area contributed by atoms with Crippen molar-refractivity contribution in [2.45, 2.75) is 6.17 Å². The number of fused-ring (bicyclic) bond motifs is 1. The van der Waals surface area contributed by atoms with E-state index in [1.165, 1.54) is 0 Å². The van der Waals surface area contributed by atoms with Gasteiger partial charge in [0.1, 0.15) is 11.9 Å². The summed E-state index contributed by atoms with van der Waals surface area (Å²) < 4.78 is 5.21. The molecule has 0 aromatic heterocycles. The molecule has 1 heterocycles. The third kappa shape index (κ3) is 3.16. The molecule has 5 heteroatoms. The normalized spacial score (nSPS) is 15.0. The number of carbonyl (C=O) groups excluding carboxylic acids is 1. The van der Waals surface area contributed by atoms with Crippen molar-refractivity contribution in [3.8, 4) is 5.75 Å². The maximum Gasteiger partial charge on any atom is 0.260 e. The van der Waals surface area contributed by atoms with Crippen molar-refractivity contribution in [2.75, 3.05) is 36.3 Å². The Labute approximate surface area is 165 Å². The SMILES string of the molecule is COc1ccc(C(=O)N2c3ccccc3NC2c2ccc(N(C)C)cc2)cc1. The first-order chi connectivity index (χ1) is 13.6. The van der Waals surface area contributed by atoms with E-state index in [1.807, 2.05) is 55.4 Å². The van der Waals surface area contributed by atoms with Crippen molar-refractivity contribution < 1.29 is 9.53 Å². The van der Waals surface area contributed by atoms with E-state index in [4.69, 9.17) is 4.74 Å². The standard InChI is InChI=1S/C23H23N3O2/c1-25(2)18-12-8-16(9-13-18)22-24-20-6-4-5-7-21(20)26(22)23(27)17-10-14-19(28-3)15-11-17/h4-15,22,24H,1-3H3. The molecular weight excluding hydrogens is 350 g/mol. The second kappa shape index (κ2) is 7.27. The summed E-state index contributed by atoms with van der Waals surface area (Å²) in [5.74, 6) is 0.675. The molecule has 0 bridgehead atoms. The predicted molar refractivity (Wildman–Crippen MR) is 113 cm³/mol. The van der Waals surface area contributed by atoms with Crippen LogP contribution in [0, 0.1) is 0 Å². The molecule has 28 heavy (non-hydrogen) atoms. The summed E-state index contributed by atoms with van der Waals surface area (Å²) >= 11 is 0. The van der Waals surface area contributed by atoms with E-state index < -0.39 is 0 Å². The van der Waals surface area contributed by atoms with E-state index in [1.54, 1.807) is 19.2 Å². The van der Waals surface area contributed by atoms with E-state index in [0.29, 0.717) is 5.56 Å². The van der Waals surface area contributed by atoms with Crippen LogP contribution in [0.15, 0.2) is 72.8 Å². The molecule has 142 valence electrons. The van der Waals surface area contributed by atoms with Crippen LogP contribution >= 0.6 is 0 Å². The van der Waals surface area contributed by atoms with Crippen molar-refractivity contribution in [3.63, 3.8) is 0 Å². The summed E-state index contributed by atoms with van der Waals surface area (Å²) in [4.78, 5) is 17.3. The number of nitrogens with one attached hydrogen (secondary N) is 1. The lowest BCUT2D eigenvalue weighted by atomic mass is 10.1. The molecule has 0 fully saturated rings. The fourth-order valence-corrected chi connectivity index (χ4v) is 3.44. The van der Waals surface area contributed by atoms with Crippen LogP contribution in [0.2, 0.25) is 0 Å². The van der Waals surface area contributed by atoms with Crippen molar-refractivity contribution in [2.24, 2.45) is 0 Å². The molecule has 3 aromatic carbocycles. The zero-order valence-corrected chi connectivity index (χ0v) is 16.2. The topological polar surface area (TPSA) is 44.8 Å². The fourth-order valence-electron chi connectivity index (χ4n) is 3.44. The molecule has 1 atom stereocenters. The molecule has 0 saturated heterocycles. The molecule has 0 saturated carbocycles. The Morgan fingerprint density at radius 3 is 2.29 bits per heavy atom. The van der Waals surface area contributed by atoms with Crippen LogP contribution in [0.1, 0.15) is 22.1 Å². The van der Waals surface area contributed by atoms with Crippen LogP contribution in [-0.4, -0.2) is 27.1 Å². The highest BCUT2D eigenvalue weighted by Gasteiger charge is 2.34. The molecule has 4 rings (SSSR count). The number of rotatable bonds is 4. The van der Waals surface area contributed by atoms with Gasteiger partial charge in [-0.05, 0) is 54.1 Å². The van der Waals surface area contributed by atoms with Crippen molar-refractivity contribution in [3.05, 3.63) is 83.9 Å². The van der Waals surface area contributed by atoms with Gasteiger partial charge in [-0.1, -0.05) is 24.3 Å². The lowest BCUT2D eigenvalue weighted by Crippen LogP contribution is -2.34. The molecule has 1 amide bonds. The Bertz CT molecular complexity index is 981. The number of para-hydroxylation sites is 2. The van der Waals surface area contributed by atoms with Crippen LogP contribution in [-0.2, 0) is 0 Å². The van der Waals surface area contributed by atoms with Crippen LogP contribution in [0.4, 0.5) is 17.1 Å². The highest BCUT2D eigenvalue weighted by atomic mass is 16.5. The number of carbonyl (C=O) groups is 1. The quantitative estimate of drug-likeness (QED) is 0.730. The molecule has 1 unspecified atom stereocenters. The van der Waals surface area contributed by atoms with Gasteiger partial charge >= 0.3 is 0 Å². The highest BCUT2D eigenvalue weighted by Crippen LogP contribution is 2.42. The van der Waals surface area contributed by atoms with Crippen LogP contribution < -0.4 is 19.9 Å². The molecule has 0 spiro atoms. The smallest absolute Gasteiger partial charge is 0.260 e. The summed E-state index contributed by atoms with van der Waals surface area (Å²) in [6.45, 7) is 0. The molecule has 1 aliphatic heterocycles. The number of benzene rings is 3. The summed E-state index contributed by atoms with van der Waals surface area (Å²) in [7, 11) is 5.64. The van der Waals surface area contributed by atoms with Gasteiger partial charge in [-0.15, -0.1) is 0 Å². The molecular formula is C23H23N3O2. The van der Waals surface area contributed by atoms with Gasteiger partial charge in [0, 0.05) is 25.3 Å². The average molecular weight is 373 g/mol. The first-order valence-corrected chi connectivity index (χ1v) is 9.19. The zero-order valence-electron chi connectivity index (χ0n) is 16.2. The Morgan fingerprint density at radius 2 is 1.64 bits per heavy atom. The van der Waals surface area contributed by atoms with Gasteiger partial charge in [0.15, 0.2) is 0 Å². The molecule has 5 nitrogen and oxygen atoms in total. The van der Waals surface area contributed by atoms with Crippen molar-refractivity contribution in [1.29, 1.82) is 0 Å². The molecule has 1 aliphatic rings. The number of hydrogen-bond acceptors (Lipinski definition) is 4. The molecule has 1 N–H and O–H groups in total. The summed E-state index contributed by atoms with van der Waals surface area (Å²) in [5.41, 5.74) is 4.60. The number of hydrogen-bond donors (Lipinski definition) is 1. The summed E-state index contributed by atoms with van der Waals surface area (Å²) in [6, 6.07) is 23.4. The minimum Gasteiger partial charge on any atom is -0.497 e. The largest absolute Gasteiger partial charge is 0.497 e. The van der Waals surface area contributed by atoms with E-state index in [9.17, 15) is 4.79 Å². The van der Waals surface area contributed by atoms with Gasteiger partial charge in [-0.25, -0.2) is 0 Å². The maximum atomic E-state index is 13.4. The van der Waals surface area contributed by atoms with Gasteiger partial charge in [-0.3, -0.25) is 9.69 Å². The number of nitrogens with zero attached hydrogens (tertiary/aromatic N) is 2. The Kier molecular flexibility index (Phi) is 4.65. The number of amides is 1. The van der Waals surface area contributed by atoms with Crippen molar-refractivity contribution in [1.82, 2.24) is 0 Å². The van der Waals surface area contributed by atoms with Crippen LogP contribution in [0.5, 0.6) is 5.75 Å². The monoisotopic (exact) mass is 373 g/mol. The van der Waals surface area contributed by atoms with Crippen molar-refractivity contribution >= 4 is 23.0 Å². The van der Waals surface area contributed by atoms with Crippen LogP contribution in [0.25, 0.3) is 0 Å². The molecule has 0 aliphatic carbocycles. The maximum absolute atomic E-state index is 13.4. The van der Waals surface area contributed by atoms with E-state index in [2.05, 4.69) is 34.5 Å². The lowest BCUT2D eigenvalue weighted by Gasteiger charge is -2.26. The third-order valence-electron chi connectivity index (χ3n) is 4.99. The Hall–Kier alpha value is -3.47. The average Bonchev–Trinajstić information content (AvgIpc) is 3.13. The predicted octanol–water partition coefficient (Wildman–Crippen LogP) is 4.53. The minimum atomic E-state index is -0.261. The van der Waals surface area contributed by atoms with E-state index >= 15 is 0 Å². The molecule has 0 radical (unpaired) electrons. The number of methoxy groups -OCH3 is 1. The first-order valence-electron chi connectivity index (χ1n) is 9.19. The van der Waals surface area contributed by atoms with E-state index in [-0.39, 0.29) is 12.1 Å². The Balaban J connectivity index is 1.72. The summed E-state index contributed by atoms with van der Waals surface area (Å²) in [6.07, 6.45) is -0.261. The highest BCUT2D eigenvalue weighted by molar-refractivity contribution is 6.10. The van der Waals surface area contributed by atoms with Gasteiger partial charge in [0.25, 0.3) is 5.91 Å². The van der Waals surface area contributed by atoms with Gasteiger partial charge in [-0.2, -0.15) is 0 Å².